The fraction of sp³-hybridized carbons (Fsp3) is 0.750. The quantitative estimate of drug-likeness (QED) is 0.805. The molecule has 1 saturated carbocycles. The van der Waals surface area contributed by atoms with Crippen LogP contribution in [0.4, 0.5) is 11.6 Å². The molecule has 1 aromatic rings. The smallest absolute Gasteiger partial charge is 0.242 e. The molecular weight excluding hydrogens is 340 g/mol. The van der Waals surface area contributed by atoms with Crippen molar-refractivity contribution in [3.63, 3.8) is 0 Å². The zero-order chi connectivity index (χ0) is 18.8. The van der Waals surface area contributed by atoms with E-state index in [0.29, 0.717) is 19.1 Å². The van der Waals surface area contributed by atoms with Gasteiger partial charge in [0.15, 0.2) is 0 Å². The summed E-state index contributed by atoms with van der Waals surface area (Å²) in [6.07, 6.45) is 7.68. The van der Waals surface area contributed by atoms with Crippen molar-refractivity contribution < 1.29 is 4.79 Å². The number of carbonyl (C=O) groups is 1. The maximum absolute atomic E-state index is 13.0. The van der Waals surface area contributed by atoms with Crippen LogP contribution in [0.1, 0.15) is 44.6 Å². The highest BCUT2D eigenvalue weighted by Gasteiger charge is 2.33. The van der Waals surface area contributed by atoms with Crippen molar-refractivity contribution in [2.45, 2.75) is 51.6 Å². The Bertz CT molecular complexity index is 666. The molecule has 0 unspecified atom stereocenters. The standard InChI is InChI=1S/C20H32N6O/c1-3-24-9-11-25(12-10-24)20-17-13-26(16-7-5-4-6-8-16)18(27)14-23(2)19(17)21-15-22-20/h15-16H,3-14H2,1-2H3. The number of carbonyl (C=O) groups excluding carboxylic acids is 1. The number of fused-ring (bicyclic) bond motifs is 1. The van der Waals surface area contributed by atoms with Crippen LogP contribution in [0.3, 0.4) is 0 Å². The lowest BCUT2D eigenvalue weighted by molar-refractivity contribution is -0.133. The monoisotopic (exact) mass is 372 g/mol. The normalized spacial score (nSPS) is 22.7. The Labute approximate surface area is 162 Å². The van der Waals surface area contributed by atoms with Crippen LogP contribution >= 0.6 is 0 Å². The van der Waals surface area contributed by atoms with Crippen LogP contribution in [-0.2, 0) is 11.3 Å². The molecule has 0 atom stereocenters. The number of rotatable bonds is 3. The summed E-state index contributed by atoms with van der Waals surface area (Å²) < 4.78 is 0. The summed E-state index contributed by atoms with van der Waals surface area (Å²) in [5, 5.41) is 0. The predicted octanol–water partition coefficient (Wildman–Crippen LogP) is 1.73. The molecule has 0 N–H and O–H groups in total. The van der Waals surface area contributed by atoms with E-state index in [-0.39, 0.29) is 5.91 Å². The van der Waals surface area contributed by atoms with Crippen LogP contribution in [0.5, 0.6) is 0 Å². The first-order valence-corrected chi connectivity index (χ1v) is 10.5. The molecule has 7 heteroatoms. The average molecular weight is 373 g/mol. The van der Waals surface area contributed by atoms with E-state index in [2.05, 4.69) is 31.6 Å². The van der Waals surface area contributed by atoms with Crippen LogP contribution < -0.4 is 9.80 Å². The highest BCUT2D eigenvalue weighted by molar-refractivity contribution is 5.84. The molecule has 1 aliphatic carbocycles. The van der Waals surface area contributed by atoms with Crippen molar-refractivity contribution in [3.8, 4) is 0 Å². The van der Waals surface area contributed by atoms with Crippen LogP contribution in [0.2, 0.25) is 0 Å². The molecule has 7 nitrogen and oxygen atoms in total. The lowest BCUT2D eigenvalue weighted by Gasteiger charge is -2.37. The number of hydrogen-bond acceptors (Lipinski definition) is 6. The van der Waals surface area contributed by atoms with E-state index in [1.165, 1.54) is 19.3 Å². The van der Waals surface area contributed by atoms with Crippen molar-refractivity contribution >= 4 is 17.5 Å². The second kappa shape index (κ2) is 8.00. The van der Waals surface area contributed by atoms with Crippen LogP contribution in [0.25, 0.3) is 0 Å². The highest BCUT2D eigenvalue weighted by atomic mass is 16.2. The molecule has 2 fully saturated rings. The van der Waals surface area contributed by atoms with Gasteiger partial charge in [-0.1, -0.05) is 26.2 Å². The molecule has 148 valence electrons. The summed E-state index contributed by atoms with van der Waals surface area (Å²) in [7, 11) is 1.98. The zero-order valence-corrected chi connectivity index (χ0v) is 16.7. The van der Waals surface area contributed by atoms with E-state index in [9.17, 15) is 4.79 Å². The van der Waals surface area contributed by atoms with Crippen molar-refractivity contribution in [2.75, 3.05) is 56.1 Å². The maximum atomic E-state index is 13.0. The topological polar surface area (TPSA) is 55.8 Å². The summed E-state index contributed by atoms with van der Waals surface area (Å²) in [5.74, 6) is 2.17. The fourth-order valence-corrected chi connectivity index (χ4v) is 4.77. The number of anilines is 2. The number of hydrogen-bond donors (Lipinski definition) is 0. The Hall–Kier alpha value is -1.89. The molecule has 4 rings (SSSR count). The van der Waals surface area contributed by atoms with E-state index in [0.717, 1.165) is 62.8 Å². The number of nitrogens with zero attached hydrogens (tertiary/aromatic N) is 6. The molecule has 27 heavy (non-hydrogen) atoms. The Balaban J connectivity index is 1.63. The lowest BCUT2D eigenvalue weighted by atomic mass is 9.94. The molecule has 1 amide bonds. The molecule has 0 aromatic carbocycles. The van der Waals surface area contributed by atoms with Gasteiger partial charge in [0.25, 0.3) is 0 Å². The van der Waals surface area contributed by atoms with Gasteiger partial charge in [0.05, 0.1) is 18.7 Å². The number of amides is 1. The molecule has 0 bridgehead atoms. The predicted molar refractivity (Wildman–Crippen MR) is 107 cm³/mol. The van der Waals surface area contributed by atoms with Gasteiger partial charge in [-0.05, 0) is 19.4 Å². The average Bonchev–Trinajstić information content (AvgIpc) is 2.84. The van der Waals surface area contributed by atoms with Gasteiger partial charge in [-0.15, -0.1) is 0 Å². The van der Waals surface area contributed by atoms with E-state index in [1.807, 2.05) is 11.9 Å². The summed E-state index contributed by atoms with van der Waals surface area (Å²) in [6, 6.07) is 0.371. The van der Waals surface area contributed by atoms with Gasteiger partial charge in [-0.3, -0.25) is 4.79 Å². The first kappa shape index (κ1) is 18.5. The summed E-state index contributed by atoms with van der Waals surface area (Å²) in [5.41, 5.74) is 1.13. The fourth-order valence-electron chi connectivity index (χ4n) is 4.77. The first-order chi connectivity index (χ1) is 13.2. The summed E-state index contributed by atoms with van der Waals surface area (Å²) in [4.78, 5) is 31.2. The van der Waals surface area contributed by atoms with Crippen molar-refractivity contribution in [2.24, 2.45) is 0 Å². The number of aromatic nitrogens is 2. The third kappa shape index (κ3) is 3.74. The number of piperazine rings is 1. The molecule has 1 aromatic heterocycles. The van der Waals surface area contributed by atoms with Crippen molar-refractivity contribution in [3.05, 3.63) is 11.9 Å². The van der Waals surface area contributed by atoms with Gasteiger partial charge in [0.1, 0.15) is 18.0 Å². The highest BCUT2D eigenvalue weighted by Crippen LogP contribution is 2.33. The lowest BCUT2D eigenvalue weighted by Crippen LogP contribution is -2.47. The minimum absolute atomic E-state index is 0.226. The van der Waals surface area contributed by atoms with E-state index in [1.54, 1.807) is 6.33 Å². The third-order valence-corrected chi connectivity index (χ3v) is 6.42. The third-order valence-electron chi connectivity index (χ3n) is 6.42. The Kier molecular flexibility index (Phi) is 5.48. The second-order valence-corrected chi connectivity index (χ2v) is 8.09. The van der Waals surface area contributed by atoms with Gasteiger partial charge in [0, 0.05) is 39.3 Å². The van der Waals surface area contributed by atoms with Crippen LogP contribution in [0.15, 0.2) is 6.33 Å². The Morgan fingerprint density at radius 2 is 1.70 bits per heavy atom. The van der Waals surface area contributed by atoms with Gasteiger partial charge in [0.2, 0.25) is 5.91 Å². The van der Waals surface area contributed by atoms with Crippen molar-refractivity contribution in [1.82, 2.24) is 19.8 Å². The van der Waals surface area contributed by atoms with E-state index < -0.39 is 0 Å². The van der Waals surface area contributed by atoms with Gasteiger partial charge in [-0.2, -0.15) is 0 Å². The number of likely N-dealkylation sites (N-methyl/N-ethyl adjacent to an activating group) is 2. The SMILES string of the molecule is CCN1CCN(c2ncnc3c2CN(C2CCCCC2)C(=O)CN3C)CC1. The molecule has 0 radical (unpaired) electrons. The van der Waals surface area contributed by atoms with Gasteiger partial charge in [-0.25, -0.2) is 9.97 Å². The molecule has 0 spiro atoms. The minimum atomic E-state index is 0.226. The molecular formula is C20H32N6O. The second-order valence-electron chi connectivity index (χ2n) is 8.09. The maximum Gasteiger partial charge on any atom is 0.242 e. The Morgan fingerprint density at radius 3 is 2.41 bits per heavy atom. The van der Waals surface area contributed by atoms with Gasteiger partial charge < -0.3 is 19.6 Å². The Morgan fingerprint density at radius 1 is 1.00 bits per heavy atom. The van der Waals surface area contributed by atoms with Gasteiger partial charge >= 0.3 is 0 Å². The largest absolute Gasteiger partial charge is 0.354 e. The molecule has 1 saturated heterocycles. The van der Waals surface area contributed by atoms with Crippen LogP contribution in [0, 0.1) is 0 Å². The van der Waals surface area contributed by atoms with Crippen molar-refractivity contribution in [1.29, 1.82) is 0 Å². The molecule has 3 aliphatic rings. The first-order valence-electron chi connectivity index (χ1n) is 10.5. The molecule has 2 aliphatic heterocycles. The van der Waals surface area contributed by atoms with E-state index in [4.69, 9.17) is 0 Å². The minimum Gasteiger partial charge on any atom is -0.354 e. The molecule has 3 heterocycles. The van der Waals surface area contributed by atoms with E-state index >= 15 is 0 Å². The summed E-state index contributed by atoms with van der Waals surface area (Å²) >= 11 is 0. The summed E-state index contributed by atoms with van der Waals surface area (Å²) in [6.45, 7) is 8.47. The van der Waals surface area contributed by atoms with Crippen LogP contribution in [-0.4, -0.2) is 78.0 Å². The zero-order valence-electron chi connectivity index (χ0n) is 16.7.